The van der Waals surface area contributed by atoms with Crippen LogP contribution in [0.5, 0.6) is 28.7 Å². The highest BCUT2D eigenvalue weighted by atomic mass is 32.2. The van der Waals surface area contributed by atoms with Gasteiger partial charge in [0, 0.05) is 5.56 Å². The van der Waals surface area contributed by atoms with Gasteiger partial charge in [0.05, 0.1) is 31.1 Å². The summed E-state index contributed by atoms with van der Waals surface area (Å²) in [6.07, 6.45) is 0. The number of methoxy groups -OCH3 is 3. The van der Waals surface area contributed by atoms with Gasteiger partial charge >= 0.3 is 56.8 Å². The van der Waals surface area contributed by atoms with Crippen molar-refractivity contribution in [2.75, 3.05) is 21.3 Å². The number of hydrogen-bond donors (Lipinski definition) is 1. The van der Waals surface area contributed by atoms with Crippen LogP contribution in [0.1, 0.15) is 11.1 Å². The number of ether oxygens (including phenoxy) is 4. The number of hydrogen-bond acceptors (Lipinski definition) is 8. The zero-order valence-electron chi connectivity index (χ0n) is 31.6. The average Bonchev–Trinajstić information content (AvgIpc) is 3.19. The Hall–Kier alpha value is -5.18. The molecule has 0 amide bonds. The molecule has 0 saturated carbocycles. The van der Waals surface area contributed by atoms with E-state index in [1.165, 1.54) is 33.5 Å². The Balaban J connectivity index is 1.68. The Bertz CT molecular complexity index is 2590. The van der Waals surface area contributed by atoms with E-state index < -0.39 is 93.7 Å². The molecule has 0 saturated heterocycles. The first-order chi connectivity index (χ1) is 28.5. The Morgan fingerprint density at radius 3 is 1.30 bits per heavy atom. The molecule has 27 heteroatoms. The minimum absolute atomic E-state index is 0.0392. The minimum Gasteiger partial charge on any atom is -0.493 e. The van der Waals surface area contributed by atoms with Gasteiger partial charge in [0.1, 0.15) is 5.75 Å². The van der Waals surface area contributed by atoms with Gasteiger partial charge in [-0.2, -0.15) is 78.7 Å². The Labute approximate surface area is 344 Å². The van der Waals surface area contributed by atoms with E-state index in [0.29, 0.717) is 35.6 Å². The van der Waals surface area contributed by atoms with Crippen LogP contribution in [0.15, 0.2) is 88.7 Å². The van der Waals surface area contributed by atoms with Crippen LogP contribution in [0, 0.1) is 6.92 Å². The van der Waals surface area contributed by atoms with Crippen molar-refractivity contribution >= 4 is 20.0 Å². The molecule has 0 fully saturated rings. The molecule has 0 aliphatic carbocycles. The lowest BCUT2D eigenvalue weighted by molar-refractivity contribution is -0.450. The molecule has 0 aromatic heterocycles. The lowest BCUT2D eigenvalue weighted by Gasteiger charge is -2.43. The van der Waals surface area contributed by atoms with Crippen molar-refractivity contribution in [2.24, 2.45) is 0 Å². The van der Waals surface area contributed by atoms with E-state index in [-0.39, 0.29) is 23.3 Å². The fraction of sp³-hybridized carbons (Fsp3) is 0.333. The maximum absolute atomic E-state index is 15.4. The zero-order chi connectivity index (χ0) is 48.4. The molecular weight excluding hydrogens is 944 g/mol. The highest BCUT2D eigenvalue weighted by molar-refractivity contribution is 7.91. The van der Waals surface area contributed by atoms with Gasteiger partial charge in [0.2, 0.25) is 9.84 Å². The molecule has 348 valence electrons. The highest BCUT2D eigenvalue weighted by Crippen LogP contribution is 2.65. The van der Waals surface area contributed by atoms with Gasteiger partial charge in [-0.3, -0.25) is 4.55 Å². The van der Waals surface area contributed by atoms with Crippen molar-refractivity contribution < 1.29 is 111 Å². The molecule has 0 unspecified atom stereocenters. The number of halogens is 16. The van der Waals surface area contributed by atoms with Crippen LogP contribution in [-0.4, -0.2) is 83.5 Å². The first-order valence-corrected chi connectivity index (χ1v) is 19.4. The summed E-state index contributed by atoms with van der Waals surface area (Å²) in [4.78, 5) is -2.38. The zero-order valence-corrected chi connectivity index (χ0v) is 33.2. The topological polar surface area (TPSA) is 125 Å². The summed E-state index contributed by atoms with van der Waals surface area (Å²) >= 11 is 0. The van der Waals surface area contributed by atoms with Crippen molar-refractivity contribution in [3.63, 3.8) is 0 Å². The summed E-state index contributed by atoms with van der Waals surface area (Å²) in [7, 11) is -9.14. The molecule has 0 spiro atoms. The normalized spacial score (nSPS) is 14.0. The van der Waals surface area contributed by atoms with Gasteiger partial charge in [0.25, 0.3) is 0 Å². The molecule has 0 aliphatic rings. The van der Waals surface area contributed by atoms with Crippen LogP contribution < -0.4 is 18.9 Å². The molecular formula is C36H26F16O9S2. The van der Waals surface area contributed by atoms with Crippen LogP contribution in [0.2, 0.25) is 0 Å². The lowest BCUT2D eigenvalue weighted by Crippen LogP contribution is -2.75. The number of aryl methyl sites for hydroxylation is 1. The van der Waals surface area contributed by atoms with Gasteiger partial charge in [-0.15, -0.1) is 0 Å². The van der Waals surface area contributed by atoms with Crippen LogP contribution in [-0.2, 0) is 25.9 Å². The fourth-order valence-electron chi connectivity index (χ4n) is 5.50. The van der Waals surface area contributed by atoms with E-state index in [1.54, 1.807) is 24.3 Å². The van der Waals surface area contributed by atoms with E-state index in [4.69, 9.17) is 23.5 Å². The maximum atomic E-state index is 15.4. The summed E-state index contributed by atoms with van der Waals surface area (Å²) < 4.78 is 307. The number of benzene rings is 4. The summed E-state index contributed by atoms with van der Waals surface area (Å²) in [6, 6.07) is 13.0. The molecule has 4 aromatic rings. The predicted octanol–water partition coefficient (Wildman–Crippen LogP) is 10.7. The first kappa shape index (κ1) is 50.5. The molecule has 0 atom stereocenters. The standard InChI is InChI=1S/C36H26F16O9S2/c1-18-5-10-23(17-24(18)29(37,38)30(39,40)31(41,42)32(43,44)33(45,46)34(47,48)35(49,50)36(51,52)63(55,56)57)62(53,54)22-11-8-21(9-12-22)61-26-14-7-20(16-28(26)60-4)19-6-13-25(58-2)27(15-19)59-3/h5-17H,1-4H3,(H,55,56,57). The minimum atomic E-state index is -8.97. The second-order valence-corrected chi connectivity index (χ2v) is 16.4. The molecule has 4 rings (SSSR count). The van der Waals surface area contributed by atoms with Gasteiger partial charge in [-0.1, -0.05) is 18.2 Å². The highest BCUT2D eigenvalue weighted by Gasteiger charge is 2.96. The third-order valence-electron chi connectivity index (χ3n) is 9.16. The number of rotatable bonds is 17. The van der Waals surface area contributed by atoms with E-state index >= 15 is 8.78 Å². The molecule has 0 heterocycles. The molecule has 63 heavy (non-hydrogen) atoms. The summed E-state index contributed by atoms with van der Waals surface area (Å²) in [5.41, 5.74) is -2.83. The van der Waals surface area contributed by atoms with Crippen LogP contribution >= 0.6 is 0 Å². The quantitative estimate of drug-likeness (QED) is 0.0813. The Morgan fingerprint density at radius 2 is 0.857 bits per heavy atom. The summed E-state index contributed by atoms with van der Waals surface area (Å²) in [5.74, 6) is -58.3. The SMILES string of the molecule is COc1ccc(-c2ccc(Oc3ccc(S(=O)(=O)c4ccc(C)c(C(F)(F)C(F)(F)C(F)(F)C(F)(F)C(F)(F)C(F)(F)C(F)(F)C(F)(F)S(=O)(=O)O)c4)cc3)c(OC)c2)cc1OC. The van der Waals surface area contributed by atoms with Crippen molar-refractivity contribution in [2.45, 2.75) is 63.4 Å². The van der Waals surface area contributed by atoms with Crippen molar-refractivity contribution in [3.8, 4) is 39.9 Å². The smallest absolute Gasteiger partial charge is 0.438 e. The Morgan fingerprint density at radius 1 is 0.460 bits per heavy atom. The van der Waals surface area contributed by atoms with Crippen molar-refractivity contribution in [1.29, 1.82) is 0 Å². The summed E-state index contributed by atoms with van der Waals surface area (Å²) in [6.45, 7) is 0.327. The van der Waals surface area contributed by atoms with Gasteiger partial charge in [0.15, 0.2) is 23.0 Å². The van der Waals surface area contributed by atoms with E-state index in [2.05, 4.69) is 0 Å². The second kappa shape index (κ2) is 16.1. The molecule has 0 bridgehead atoms. The maximum Gasteiger partial charge on any atom is 0.438 e. The third kappa shape index (κ3) is 7.81. The van der Waals surface area contributed by atoms with E-state index in [9.17, 15) is 78.3 Å². The largest absolute Gasteiger partial charge is 0.493 e. The van der Waals surface area contributed by atoms with Crippen LogP contribution in [0.25, 0.3) is 11.1 Å². The molecule has 1 N–H and O–H groups in total. The van der Waals surface area contributed by atoms with Gasteiger partial charge in [-0.05, 0) is 84.3 Å². The molecule has 9 nitrogen and oxygen atoms in total. The monoisotopic (exact) mass is 970 g/mol. The fourth-order valence-corrected chi connectivity index (χ4v) is 7.24. The van der Waals surface area contributed by atoms with Crippen molar-refractivity contribution in [3.05, 3.63) is 90.0 Å². The van der Waals surface area contributed by atoms with Gasteiger partial charge in [-0.25, -0.2) is 8.42 Å². The molecule has 4 aromatic carbocycles. The average molecular weight is 971 g/mol. The van der Waals surface area contributed by atoms with E-state index in [1.807, 2.05) is 0 Å². The Kier molecular flexibility index (Phi) is 12.9. The summed E-state index contributed by atoms with van der Waals surface area (Å²) in [5, 5.41) is -7.92. The number of sulfone groups is 1. The second-order valence-electron chi connectivity index (χ2n) is 13.0. The van der Waals surface area contributed by atoms with Crippen LogP contribution in [0.3, 0.4) is 0 Å². The van der Waals surface area contributed by atoms with Crippen LogP contribution in [0.4, 0.5) is 70.2 Å². The number of alkyl halides is 16. The molecule has 0 aliphatic heterocycles. The van der Waals surface area contributed by atoms with Gasteiger partial charge < -0.3 is 18.9 Å². The lowest BCUT2D eigenvalue weighted by atomic mass is 9.86. The first-order valence-electron chi connectivity index (χ1n) is 16.5. The van der Waals surface area contributed by atoms with Crippen molar-refractivity contribution in [1.82, 2.24) is 0 Å². The van der Waals surface area contributed by atoms with E-state index in [0.717, 1.165) is 24.3 Å². The predicted molar refractivity (Wildman–Crippen MR) is 185 cm³/mol. The molecule has 0 radical (unpaired) electrons. The third-order valence-corrected chi connectivity index (χ3v) is 11.8.